The zero-order chi connectivity index (χ0) is 18.5. The summed E-state index contributed by atoms with van der Waals surface area (Å²) in [5.41, 5.74) is 2.15. The molecule has 3 aromatic rings. The molecule has 8 nitrogen and oxygen atoms in total. The molecule has 1 fully saturated rings. The molecule has 4 rings (SSSR count). The molecular formula is C18H19ClN8. The fraction of sp³-hybridized carbons (Fsp3) is 0.222. The van der Waals surface area contributed by atoms with Gasteiger partial charge in [0, 0.05) is 49.9 Å². The molecule has 1 aromatic carbocycles. The van der Waals surface area contributed by atoms with Gasteiger partial charge in [0.2, 0.25) is 11.2 Å². The summed E-state index contributed by atoms with van der Waals surface area (Å²) in [4.78, 5) is 19.0. The van der Waals surface area contributed by atoms with Gasteiger partial charge in [-0.05, 0) is 48.0 Å². The van der Waals surface area contributed by atoms with Gasteiger partial charge in [-0.3, -0.25) is 0 Å². The van der Waals surface area contributed by atoms with Crippen LogP contribution in [0.1, 0.15) is 0 Å². The second kappa shape index (κ2) is 8.15. The molecule has 0 amide bonds. The lowest BCUT2D eigenvalue weighted by atomic mass is 10.2. The van der Waals surface area contributed by atoms with E-state index >= 15 is 0 Å². The van der Waals surface area contributed by atoms with Crippen molar-refractivity contribution in [3.8, 4) is 0 Å². The van der Waals surface area contributed by atoms with Crippen molar-refractivity contribution in [1.82, 2.24) is 25.3 Å². The third kappa shape index (κ3) is 4.60. The van der Waals surface area contributed by atoms with Crippen molar-refractivity contribution in [1.29, 1.82) is 0 Å². The second-order valence-corrected chi connectivity index (χ2v) is 6.35. The Bertz CT molecular complexity index is 896. The van der Waals surface area contributed by atoms with Crippen LogP contribution in [0.2, 0.25) is 5.28 Å². The largest absolute Gasteiger partial charge is 0.369 e. The summed E-state index contributed by atoms with van der Waals surface area (Å²) in [5.74, 6) is 1.68. The molecule has 1 aliphatic heterocycles. The minimum atomic E-state index is 0.178. The first kappa shape index (κ1) is 17.4. The monoisotopic (exact) mass is 382 g/mol. The predicted octanol–water partition coefficient (Wildman–Crippen LogP) is 2.82. The summed E-state index contributed by atoms with van der Waals surface area (Å²) in [6, 6.07) is 11.8. The number of aromatic nitrogens is 4. The number of halogens is 1. The Balaban J connectivity index is 1.43. The fourth-order valence-electron chi connectivity index (χ4n) is 2.83. The van der Waals surface area contributed by atoms with Crippen LogP contribution in [-0.4, -0.2) is 46.1 Å². The zero-order valence-corrected chi connectivity index (χ0v) is 15.3. The minimum Gasteiger partial charge on any atom is -0.369 e. The summed E-state index contributed by atoms with van der Waals surface area (Å²) in [6.07, 6.45) is 3.26. The van der Waals surface area contributed by atoms with Crippen LogP contribution >= 0.6 is 11.6 Å². The van der Waals surface area contributed by atoms with Crippen LogP contribution in [-0.2, 0) is 0 Å². The maximum absolute atomic E-state index is 5.80. The van der Waals surface area contributed by atoms with E-state index in [1.54, 1.807) is 24.5 Å². The van der Waals surface area contributed by atoms with Crippen LogP contribution in [0.25, 0.3) is 0 Å². The van der Waals surface area contributed by atoms with Crippen LogP contribution < -0.4 is 20.9 Å². The van der Waals surface area contributed by atoms with E-state index in [4.69, 9.17) is 11.6 Å². The molecule has 0 saturated carbocycles. The first-order valence-corrected chi connectivity index (χ1v) is 9.05. The lowest BCUT2D eigenvalue weighted by Gasteiger charge is -2.29. The van der Waals surface area contributed by atoms with Crippen molar-refractivity contribution in [2.45, 2.75) is 0 Å². The Kier molecular flexibility index (Phi) is 5.27. The molecule has 3 N–H and O–H groups in total. The summed E-state index contributed by atoms with van der Waals surface area (Å²) in [5, 5.41) is 9.84. The van der Waals surface area contributed by atoms with Gasteiger partial charge in [0.25, 0.3) is 0 Å². The molecule has 1 aliphatic rings. The average Bonchev–Trinajstić information content (AvgIpc) is 2.70. The third-order valence-electron chi connectivity index (χ3n) is 4.14. The van der Waals surface area contributed by atoms with Crippen molar-refractivity contribution in [3.63, 3.8) is 0 Å². The highest BCUT2D eigenvalue weighted by molar-refractivity contribution is 6.28. The van der Waals surface area contributed by atoms with Crippen molar-refractivity contribution in [3.05, 3.63) is 54.1 Å². The van der Waals surface area contributed by atoms with Gasteiger partial charge in [0.1, 0.15) is 11.6 Å². The van der Waals surface area contributed by atoms with Gasteiger partial charge < -0.3 is 20.9 Å². The molecule has 138 valence electrons. The van der Waals surface area contributed by atoms with Crippen LogP contribution in [0.5, 0.6) is 0 Å². The van der Waals surface area contributed by atoms with Crippen LogP contribution in [0.3, 0.4) is 0 Å². The summed E-state index contributed by atoms with van der Waals surface area (Å²) < 4.78 is 0. The average molecular weight is 383 g/mol. The Morgan fingerprint density at radius 1 is 0.852 bits per heavy atom. The van der Waals surface area contributed by atoms with Gasteiger partial charge in [-0.25, -0.2) is 15.0 Å². The summed E-state index contributed by atoms with van der Waals surface area (Å²) in [7, 11) is 0. The Labute approximate surface area is 162 Å². The molecule has 0 spiro atoms. The molecule has 3 heterocycles. The van der Waals surface area contributed by atoms with Crippen molar-refractivity contribution in [2.24, 2.45) is 0 Å². The number of hydrogen-bond acceptors (Lipinski definition) is 8. The highest BCUT2D eigenvalue weighted by Crippen LogP contribution is 2.21. The second-order valence-electron chi connectivity index (χ2n) is 6.01. The Hall–Kier alpha value is -2.97. The lowest BCUT2D eigenvalue weighted by molar-refractivity contribution is 0.589. The van der Waals surface area contributed by atoms with Gasteiger partial charge in [0.05, 0.1) is 0 Å². The highest BCUT2D eigenvalue weighted by Gasteiger charge is 2.10. The smallest absolute Gasteiger partial charge is 0.229 e. The quantitative estimate of drug-likeness (QED) is 0.580. The standard InChI is InChI=1S/C18H19ClN8/c19-17-21-7-5-15(25-17)24-16-6-8-22-18(26-16)23-13-1-3-14(4-2-13)27-11-9-20-10-12-27/h1-8,20H,9-12H2,(H2,21,22,23,24,25,26). The van der Waals surface area contributed by atoms with E-state index in [2.05, 4.69) is 52.9 Å². The Morgan fingerprint density at radius 2 is 1.56 bits per heavy atom. The molecule has 0 bridgehead atoms. The fourth-order valence-corrected chi connectivity index (χ4v) is 2.98. The number of nitrogens with one attached hydrogen (secondary N) is 3. The predicted molar refractivity (Wildman–Crippen MR) is 107 cm³/mol. The Morgan fingerprint density at radius 3 is 2.30 bits per heavy atom. The molecule has 1 saturated heterocycles. The number of rotatable bonds is 5. The van der Waals surface area contributed by atoms with Crippen molar-refractivity contribution in [2.75, 3.05) is 41.7 Å². The van der Waals surface area contributed by atoms with Gasteiger partial charge in [0.15, 0.2) is 0 Å². The van der Waals surface area contributed by atoms with Crippen LogP contribution in [0.15, 0.2) is 48.8 Å². The topological polar surface area (TPSA) is 90.9 Å². The van der Waals surface area contributed by atoms with Gasteiger partial charge in [-0.1, -0.05) is 0 Å². The molecular weight excluding hydrogens is 364 g/mol. The molecule has 0 radical (unpaired) electrons. The van der Waals surface area contributed by atoms with E-state index in [0.717, 1.165) is 31.9 Å². The first-order valence-electron chi connectivity index (χ1n) is 8.68. The maximum atomic E-state index is 5.80. The van der Waals surface area contributed by atoms with E-state index in [0.29, 0.717) is 17.6 Å². The van der Waals surface area contributed by atoms with Crippen LogP contribution in [0, 0.1) is 0 Å². The van der Waals surface area contributed by atoms with Gasteiger partial charge in [-0.2, -0.15) is 4.98 Å². The van der Waals surface area contributed by atoms with E-state index in [-0.39, 0.29) is 5.28 Å². The van der Waals surface area contributed by atoms with E-state index in [9.17, 15) is 0 Å². The van der Waals surface area contributed by atoms with Crippen LogP contribution in [0.4, 0.5) is 29.0 Å². The third-order valence-corrected chi connectivity index (χ3v) is 4.33. The number of hydrogen-bond donors (Lipinski definition) is 3. The van der Waals surface area contributed by atoms with Gasteiger partial charge in [-0.15, -0.1) is 0 Å². The minimum absolute atomic E-state index is 0.178. The molecule has 0 unspecified atom stereocenters. The number of piperazine rings is 1. The molecule has 27 heavy (non-hydrogen) atoms. The van der Waals surface area contributed by atoms with Crippen molar-refractivity contribution >= 4 is 40.6 Å². The molecule has 0 atom stereocenters. The van der Waals surface area contributed by atoms with E-state index in [1.807, 2.05) is 12.1 Å². The summed E-state index contributed by atoms with van der Waals surface area (Å²) in [6.45, 7) is 4.09. The molecule has 9 heteroatoms. The molecule has 2 aromatic heterocycles. The normalized spacial score (nSPS) is 14.0. The SMILES string of the molecule is Clc1nccc(Nc2ccnc(Nc3ccc(N4CCNCC4)cc3)n2)n1. The van der Waals surface area contributed by atoms with Crippen molar-refractivity contribution < 1.29 is 0 Å². The lowest BCUT2D eigenvalue weighted by Crippen LogP contribution is -2.43. The van der Waals surface area contributed by atoms with Gasteiger partial charge >= 0.3 is 0 Å². The summed E-state index contributed by atoms with van der Waals surface area (Å²) >= 11 is 5.80. The molecule has 0 aliphatic carbocycles. The number of benzene rings is 1. The number of anilines is 5. The van der Waals surface area contributed by atoms with E-state index in [1.165, 1.54) is 5.69 Å². The number of nitrogens with zero attached hydrogens (tertiary/aromatic N) is 5. The highest BCUT2D eigenvalue weighted by atomic mass is 35.5. The first-order chi connectivity index (χ1) is 13.3. The van der Waals surface area contributed by atoms with E-state index < -0.39 is 0 Å². The zero-order valence-electron chi connectivity index (χ0n) is 14.6. The maximum Gasteiger partial charge on any atom is 0.229 e.